The highest BCUT2D eigenvalue weighted by molar-refractivity contribution is 5.44. The van der Waals surface area contributed by atoms with Crippen molar-refractivity contribution < 1.29 is 9.90 Å². The average molecular weight is 239 g/mol. The highest BCUT2D eigenvalue weighted by Gasteiger charge is 1.91. The SMILES string of the molecule is [2H]OC/C=C\CCCCCCCCCCC=C=O. The van der Waals surface area contributed by atoms with Gasteiger partial charge >= 0.3 is 0 Å². The molecule has 0 heterocycles. The summed E-state index contributed by atoms with van der Waals surface area (Å²) in [4.78, 5) is 9.92. The lowest BCUT2D eigenvalue weighted by atomic mass is 10.1. The third kappa shape index (κ3) is 15.1. The number of aliphatic hydroxyl groups is 1. The smallest absolute Gasteiger partial charge is 0.210 e. The minimum Gasteiger partial charge on any atom is -0.392 e. The lowest BCUT2D eigenvalue weighted by Gasteiger charge is -2.00. The van der Waals surface area contributed by atoms with Gasteiger partial charge in [-0.25, -0.2) is 4.79 Å². The Labute approximate surface area is 107 Å². The van der Waals surface area contributed by atoms with Gasteiger partial charge in [0.25, 0.3) is 0 Å². The van der Waals surface area contributed by atoms with Crippen molar-refractivity contribution in [1.29, 1.82) is 1.43 Å². The largest absolute Gasteiger partial charge is 0.392 e. The second-order valence-electron chi connectivity index (χ2n) is 4.37. The Balaban J connectivity index is 3.00. The summed E-state index contributed by atoms with van der Waals surface area (Å²) in [6.07, 6.45) is 17.7. The predicted octanol–water partition coefficient (Wildman–Crippen LogP) is 3.82. The van der Waals surface area contributed by atoms with Gasteiger partial charge in [0.15, 0.2) is 0 Å². The summed E-state index contributed by atoms with van der Waals surface area (Å²) in [6, 6.07) is 0. The Hall–Kier alpha value is -0.850. The highest BCUT2D eigenvalue weighted by Crippen LogP contribution is 2.10. The van der Waals surface area contributed by atoms with Crippen LogP contribution in [0.25, 0.3) is 0 Å². The molecule has 0 fully saturated rings. The Bertz CT molecular complexity index is 233. The van der Waals surface area contributed by atoms with Crippen LogP contribution in [0.15, 0.2) is 18.2 Å². The molecule has 0 spiro atoms. The Morgan fingerprint density at radius 1 is 0.882 bits per heavy atom. The third-order valence-corrected chi connectivity index (χ3v) is 2.82. The van der Waals surface area contributed by atoms with E-state index in [9.17, 15) is 4.79 Å². The Kier molecular flexibility index (Phi) is 12.7. The molecule has 0 aromatic heterocycles. The zero-order valence-corrected chi connectivity index (χ0v) is 10.8. The zero-order valence-electron chi connectivity index (χ0n) is 11.8. The molecule has 0 radical (unpaired) electrons. The molecule has 0 amide bonds. The van der Waals surface area contributed by atoms with Gasteiger partial charge in [0.05, 0.1) is 6.61 Å². The molecule has 98 valence electrons. The first-order valence-electron chi connectivity index (χ1n) is 7.25. The topological polar surface area (TPSA) is 37.3 Å². The van der Waals surface area contributed by atoms with Gasteiger partial charge in [-0.1, -0.05) is 50.7 Å². The summed E-state index contributed by atoms with van der Waals surface area (Å²) in [5, 5.41) is 4.19. The molecular weight excluding hydrogens is 212 g/mol. The standard InChI is InChI=1S/C15H26O2/c16-14-12-10-8-6-4-2-1-3-5-7-9-11-13-15-17/h10,12-13,16H,1-9,11,14H2/b12-10-/i16D. The molecule has 0 unspecified atom stereocenters. The minimum atomic E-state index is 0.402. The van der Waals surface area contributed by atoms with Crippen molar-refractivity contribution in [1.82, 2.24) is 0 Å². The summed E-state index contributed by atoms with van der Waals surface area (Å²) in [5.41, 5.74) is 0. The maximum atomic E-state index is 9.92. The summed E-state index contributed by atoms with van der Waals surface area (Å²) in [7, 11) is 0. The van der Waals surface area contributed by atoms with Gasteiger partial charge in [-0.05, 0) is 31.8 Å². The number of aliphatic hydroxyl groups excluding tert-OH is 1. The molecule has 2 heteroatoms. The lowest BCUT2D eigenvalue weighted by molar-refractivity contribution is 0.342. The van der Waals surface area contributed by atoms with Crippen LogP contribution in [0.2, 0.25) is 0 Å². The van der Waals surface area contributed by atoms with Crippen molar-refractivity contribution in [3.05, 3.63) is 18.2 Å². The quantitative estimate of drug-likeness (QED) is 0.301. The summed E-state index contributed by atoms with van der Waals surface area (Å²) < 4.78 is 6.49. The van der Waals surface area contributed by atoms with Gasteiger partial charge < -0.3 is 5.11 Å². The van der Waals surface area contributed by atoms with Gasteiger partial charge in [0, 0.05) is 0 Å². The van der Waals surface area contributed by atoms with Crippen molar-refractivity contribution in [2.45, 2.75) is 64.2 Å². The van der Waals surface area contributed by atoms with Crippen molar-refractivity contribution in [3.8, 4) is 0 Å². The molecule has 0 atom stereocenters. The zero-order chi connectivity index (χ0) is 13.3. The summed E-state index contributed by atoms with van der Waals surface area (Å²) in [5.74, 6) is 1.81. The first-order valence-corrected chi connectivity index (χ1v) is 6.84. The van der Waals surface area contributed by atoms with Crippen LogP contribution in [0, 0.1) is 0 Å². The van der Waals surface area contributed by atoms with Crippen molar-refractivity contribution >= 4 is 5.94 Å². The molecule has 1 N–H and O–H groups in total. The van der Waals surface area contributed by atoms with E-state index in [2.05, 4.69) is 11.2 Å². The molecule has 0 bridgehead atoms. The van der Waals surface area contributed by atoms with Crippen molar-refractivity contribution in [3.63, 3.8) is 0 Å². The summed E-state index contributed by atoms with van der Waals surface area (Å²) in [6.45, 7) is 0.402. The number of unbranched alkanes of at least 4 members (excludes halogenated alkanes) is 9. The first-order chi connectivity index (χ1) is 8.91. The Morgan fingerprint density at radius 2 is 1.47 bits per heavy atom. The third-order valence-electron chi connectivity index (χ3n) is 2.82. The second-order valence-corrected chi connectivity index (χ2v) is 4.37. The normalized spacial score (nSPS) is 11.4. The number of carbonyl (C=O) groups excluding carboxylic acids is 1. The van der Waals surface area contributed by atoms with E-state index in [1.807, 2.05) is 12.0 Å². The van der Waals surface area contributed by atoms with Gasteiger partial charge in [-0.3, -0.25) is 0 Å². The van der Waals surface area contributed by atoms with E-state index in [1.165, 1.54) is 44.9 Å². The van der Waals surface area contributed by atoms with Crippen LogP contribution in [-0.2, 0) is 4.79 Å². The number of hydrogen-bond acceptors (Lipinski definition) is 2. The first kappa shape index (κ1) is 14.2. The van der Waals surface area contributed by atoms with E-state index in [4.69, 9.17) is 1.43 Å². The molecule has 0 aliphatic carbocycles. The summed E-state index contributed by atoms with van der Waals surface area (Å²) >= 11 is 0. The van der Waals surface area contributed by atoms with Crippen LogP contribution in [0.3, 0.4) is 0 Å². The van der Waals surface area contributed by atoms with Crippen LogP contribution in [0.1, 0.15) is 64.2 Å². The van der Waals surface area contributed by atoms with Crippen LogP contribution in [0.5, 0.6) is 0 Å². The van der Waals surface area contributed by atoms with Gasteiger partial charge in [-0.15, -0.1) is 0 Å². The monoisotopic (exact) mass is 239 g/mol. The second kappa shape index (κ2) is 15.1. The highest BCUT2D eigenvalue weighted by atomic mass is 16.2. The molecule has 0 saturated heterocycles. The van der Waals surface area contributed by atoms with Crippen LogP contribution >= 0.6 is 0 Å². The number of allylic oxidation sites excluding steroid dienone is 2. The Morgan fingerprint density at radius 3 is 2.06 bits per heavy atom. The molecule has 0 aliphatic rings. The molecular formula is C15H26O2. The fraction of sp³-hybridized carbons (Fsp3) is 0.733. The van der Waals surface area contributed by atoms with Crippen LogP contribution < -0.4 is 0 Å². The maximum absolute atomic E-state index is 9.92. The van der Waals surface area contributed by atoms with E-state index >= 15 is 0 Å². The van der Waals surface area contributed by atoms with Crippen molar-refractivity contribution in [2.75, 3.05) is 6.61 Å². The van der Waals surface area contributed by atoms with E-state index < -0.39 is 0 Å². The molecule has 0 aromatic rings. The van der Waals surface area contributed by atoms with Crippen LogP contribution in [-0.4, -0.2) is 19.1 Å². The lowest BCUT2D eigenvalue weighted by Crippen LogP contribution is -1.81. The van der Waals surface area contributed by atoms with Crippen molar-refractivity contribution in [2.24, 2.45) is 0 Å². The van der Waals surface area contributed by atoms with Crippen LogP contribution in [0.4, 0.5) is 0 Å². The fourth-order valence-electron chi connectivity index (χ4n) is 1.81. The van der Waals surface area contributed by atoms with E-state index in [0.29, 0.717) is 6.61 Å². The predicted molar refractivity (Wildman–Crippen MR) is 72.7 cm³/mol. The average Bonchev–Trinajstić information content (AvgIpc) is 2.39. The van der Waals surface area contributed by atoms with Gasteiger partial charge in [0.1, 0.15) is 5.94 Å². The van der Waals surface area contributed by atoms with Gasteiger partial charge in [-0.2, -0.15) is 0 Å². The van der Waals surface area contributed by atoms with E-state index in [1.54, 1.807) is 6.08 Å². The van der Waals surface area contributed by atoms with E-state index in [-0.39, 0.29) is 0 Å². The molecule has 0 rings (SSSR count). The maximum Gasteiger partial charge on any atom is 0.210 e. The molecule has 2 nitrogen and oxygen atoms in total. The molecule has 0 aliphatic heterocycles. The number of rotatable bonds is 13. The molecule has 0 saturated carbocycles. The van der Waals surface area contributed by atoms with Gasteiger partial charge in [0.2, 0.25) is 1.43 Å². The van der Waals surface area contributed by atoms with E-state index in [0.717, 1.165) is 19.3 Å². The minimum absolute atomic E-state index is 0.402. The molecule has 17 heavy (non-hydrogen) atoms. The number of hydrogen-bond donors (Lipinski definition) is 1. The fourth-order valence-corrected chi connectivity index (χ4v) is 1.81. The molecule has 0 aromatic carbocycles.